The van der Waals surface area contributed by atoms with Gasteiger partial charge in [-0.2, -0.15) is 0 Å². The van der Waals surface area contributed by atoms with Crippen molar-refractivity contribution in [3.63, 3.8) is 0 Å². The Labute approximate surface area is 170 Å². The summed E-state index contributed by atoms with van der Waals surface area (Å²) >= 11 is 0. The van der Waals surface area contributed by atoms with E-state index < -0.39 is 11.9 Å². The van der Waals surface area contributed by atoms with Gasteiger partial charge in [-0.1, -0.05) is 26.0 Å². The first-order chi connectivity index (χ1) is 12.8. The summed E-state index contributed by atoms with van der Waals surface area (Å²) in [7, 11) is 0. The lowest BCUT2D eigenvalue weighted by Gasteiger charge is -2.23. The van der Waals surface area contributed by atoms with Crippen molar-refractivity contribution >= 4 is 30.1 Å². The molecule has 1 aromatic rings. The Kier molecular flexibility index (Phi) is 9.34. The second-order valence-electron chi connectivity index (χ2n) is 6.99. The zero-order valence-corrected chi connectivity index (χ0v) is 17.0. The molecule has 1 aliphatic heterocycles. The van der Waals surface area contributed by atoms with Crippen LogP contribution in [-0.2, 0) is 9.59 Å². The van der Waals surface area contributed by atoms with Gasteiger partial charge < -0.3 is 20.9 Å². The number of benzene rings is 1. The third-order valence-corrected chi connectivity index (χ3v) is 4.67. The van der Waals surface area contributed by atoms with Gasteiger partial charge in [0, 0.05) is 26.2 Å². The third-order valence-electron chi connectivity index (χ3n) is 4.67. The molecular weight excluding hydrogens is 387 g/mol. The van der Waals surface area contributed by atoms with E-state index in [0.29, 0.717) is 32.6 Å². The molecule has 0 radical (unpaired) electrons. The van der Waals surface area contributed by atoms with Crippen molar-refractivity contribution in [3.05, 3.63) is 35.6 Å². The molecular formula is C19H28ClFN4O3. The summed E-state index contributed by atoms with van der Waals surface area (Å²) in [5, 5.41) is 2.56. The summed E-state index contributed by atoms with van der Waals surface area (Å²) < 4.78 is 13.8. The van der Waals surface area contributed by atoms with Crippen molar-refractivity contribution in [2.75, 3.05) is 32.7 Å². The zero-order valence-electron chi connectivity index (χ0n) is 16.2. The molecule has 0 unspecified atom stereocenters. The van der Waals surface area contributed by atoms with Crippen molar-refractivity contribution in [2.24, 2.45) is 11.7 Å². The molecule has 3 N–H and O–H groups in total. The van der Waals surface area contributed by atoms with Gasteiger partial charge in [0.25, 0.3) is 5.91 Å². The molecule has 28 heavy (non-hydrogen) atoms. The summed E-state index contributed by atoms with van der Waals surface area (Å²) in [5.41, 5.74) is 5.79. The van der Waals surface area contributed by atoms with Crippen molar-refractivity contribution in [1.29, 1.82) is 0 Å². The monoisotopic (exact) mass is 414 g/mol. The fraction of sp³-hybridized carbons (Fsp3) is 0.526. The predicted molar refractivity (Wildman–Crippen MR) is 107 cm³/mol. The lowest BCUT2D eigenvalue weighted by molar-refractivity contribution is -0.133. The Morgan fingerprint density at radius 2 is 1.71 bits per heavy atom. The number of carbonyl (C=O) groups is 3. The van der Waals surface area contributed by atoms with Gasteiger partial charge in [-0.3, -0.25) is 14.4 Å². The van der Waals surface area contributed by atoms with Crippen LogP contribution in [0.15, 0.2) is 24.3 Å². The average Bonchev–Trinajstić information content (AvgIpc) is 2.91. The number of carbonyl (C=O) groups excluding carboxylic acids is 3. The Hall–Kier alpha value is -2.19. The lowest BCUT2D eigenvalue weighted by Crippen LogP contribution is -2.48. The molecule has 2 rings (SSSR count). The van der Waals surface area contributed by atoms with Gasteiger partial charge in [0.1, 0.15) is 5.82 Å². The van der Waals surface area contributed by atoms with Crippen LogP contribution in [0.1, 0.15) is 30.6 Å². The summed E-state index contributed by atoms with van der Waals surface area (Å²) in [6.45, 7) is 5.13. The summed E-state index contributed by atoms with van der Waals surface area (Å²) in [4.78, 5) is 39.9. The second-order valence-corrected chi connectivity index (χ2v) is 6.99. The van der Waals surface area contributed by atoms with Gasteiger partial charge in [-0.25, -0.2) is 4.39 Å². The van der Waals surface area contributed by atoms with Gasteiger partial charge >= 0.3 is 0 Å². The molecule has 1 atom stereocenters. The molecule has 156 valence electrons. The normalized spacial score (nSPS) is 15.5. The number of hydrogen-bond acceptors (Lipinski definition) is 4. The number of halogens is 2. The first-order valence-electron chi connectivity index (χ1n) is 9.16. The predicted octanol–water partition coefficient (Wildman–Crippen LogP) is 1.02. The van der Waals surface area contributed by atoms with Crippen LogP contribution in [0, 0.1) is 11.7 Å². The zero-order chi connectivity index (χ0) is 20.0. The topological polar surface area (TPSA) is 95.7 Å². The SMILES string of the molecule is CC(C)[C@H](N)C(=O)NCC(=O)N1CCCN(C(=O)c2ccccc2F)CC1.Cl. The highest BCUT2D eigenvalue weighted by Crippen LogP contribution is 2.12. The standard InChI is InChI=1S/C19H27FN4O3.ClH/c1-13(2)17(21)18(26)22-12-16(25)23-8-5-9-24(11-10-23)19(27)14-6-3-4-7-15(14)20;/h3-4,6-7,13,17H,5,8-12,21H2,1-2H3,(H,22,26);1H/t17-;/m0./s1. The fourth-order valence-electron chi connectivity index (χ4n) is 2.87. The maximum absolute atomic E-state index is 13.8. The molecule has 7 nitrogen and oxygen atoms in total. The van der Waals surface area contributed by atoms with Crippen LogP contribution in [0.5, 0.6) is 0 Å². The maximum atomic E-state index is 13.8. The minimum atomic E-state index is -0.657. The smallest absolute Gasteiger partial charge is 0.256 e. The number of nitrogens with two attached hydrogens (primary N) is 1. The molecule has 1 saturated heterocycles. The van der Waals surface area contributed by atoms with Crippen LogP contribution in [-0.4, -0.2) is 66.3 Å². The van der Waals surface area contributed by atoms with Crippen LogP contribution in [0.25, 0.3) is 0 Å². The highest BCUT2D eigenvalue weighted by Gasteiger charge is 2.25. The largest absolute Gasteiger partial charge is 0.346 e. The highest BCUT2D eigenvalue weighted by atomic mass is 35.5. The first-order valence-corrected chi connectivity index (χ1v) is 9.16. The number of amides is 3. The molecule has 0 aliphatic carbocycles. The van der Waals surface area contributed by atoms with E-state index in [9.17, 15) is 18.8 Å². The number of nitrogens with zero attached hydrogens (tertiary/aromatic N) is 2. The van der Waals surface area contributed by atoms with E-state index in [1.807, 2.05) is 13.8 Å². The fourth-order valence-corrected chi connectivity index (χ4v) is 2.87. The van der Waals surface area contributed by atoms with Crippen LogP contribution < -0.4 is 11.1 Å². The molecule has 1 heterocycles. The van der Waals surface area contributed by atoms with E-state index in [4.69, 9.17) is 5.73 Å². The lowest BCUT2D eigenvalue weighted by atomic mass is 10.1. The van der Waals surface area contributed by atoms with Crippen LogP contribution in [0.2, 0.25) is 0 Å². The van der Waals surface area contributed by atoms with Crippen molar-refractivity contribution in [2.45, 2.75) is 26.3 Å². The number of nitrogens with one attached hydrogen (secondary N) is 1. The molecule has 0 aromatic heterocycles. The Balaban J connectivity index is 0.00000392. The summed E-state index contributed by atoms with van der Waals surface area (Å²) in [5.74, 6) is -1.53. The van der Waals surface area contributed by atoms with Gasteiger partial charge in [-0.15, -0.1) is 12.4 Å². The van der Waals surface area contributed by atoms with Gasteiger partial charge in [0.15, 0.2) is 0 Å². The third kappa shape index (κ3) is 6.17. The maximum Gasteiger partial charge on any atom is 0.256 e. The minimum absolute atomic E-state index is 0. The number of hydrogen-bond donors (Lipinski definition) is 2. The first kappa shape index (κ1) is 23.8. The van der Waals surface area contributed by atoms with Crippen LogP contribution >= 0.6 is 12.4 Å². The van der Waals surface area contributed by atoms with Crippen molar-refractivity contribution in [3.8, 4) is 0 Å². The van der Waals surface area contributed by atoms with Gasteiger partial charge in [0.2, 0.25) is 11.8 Å². The molecule has 3 amide bonds. The second kappa shape index (κ2) is 11.0. The van der Waals surface area contributed by atoms with E-state index >= 15 is 0 Å². The van der Waals surface area contributed by atoms with Crippen molar-refractivity contribution in [1.82, 2.24) is 15.1 Å². The van der Waals surface area contributed by atoms with E-state index in [0.717, 1.165) is 0 Å². The molecule has 0 saturated carbocycles. The van der Waals surface area contributed by atoms with E-state index in [1.165, 1.54) is 18.2 Å². The Bertz CT molecular complexity index is 702. The van der Waals surface area contributed by atoms with E-state index in [1.54, 1.807) is 15.9 Å². The molecule has 1 aromatic carbocycles. The highest BCUT2D eigenvalue weighted by molar-refractivity contribution is 5.94. The molecule has 1 aliphatic rings. The molecule has 0 bridgehead atoms. The van der Waals surface area contributed by atoms with E-state index in [-0.39, 0.29) is 48.2 Å². The van der Waals surface area contributed by atoms with Gasteiger partial charge in [-0.05, 0) is 24.5 Å². The van der Waals surface area contributed by atoms with Crippen LogP contribution in [0.4, 0.5) is 4.39 Å². The van der Waals surface area contributed by atoms with Crippen LogP contribution in [0.3, 0.4) is 0 Å². The van der Waals surface area contributed by atoms with Gasteiger partial charge in [0.05, 0.1) is 18.2 Å². The Morgan fingerprint density at radius 1 is 1.11 bits per heavy atom. The average molecular weight is 415 g/mol. The number of rotatable bonds is 5. The molecule has 0 spiro atoms. The van der Waals surface area contributed by atoms with Crippen molar-refractivity contribution < 1.29 is 18.8 Å². The quantitative estimate of drug-likeness (QED) is 0.752. The molecule has 1 fully saturated rings. The minimum Gasteiger partial charge on any atom is -0.346 e. The summed E-state index contributed by atoms with van der Waals surface area (Å²) in [6, 6.07) is 5.21. The van der Waals surface area contributed by atoms with E-state index in [2.05, 4.69) is 5.32 Å². The summed E-state index contributed by atoms with van der Waals surface area (Å²) in [6.07, 6.45) is 0.589. The Morgan fingerprint density at radius 3 is 2.36 bits per heavy atom. The molecule has 9 heteroatoms.